The zero-order valence-corrected chi connectivity index (χ0v) is 15.4. The maximum atomic E-state index is 12.5. The summed E-state index contributed by atoms with van der Waals surface area (Å²) in [6.45, 7) is 4.37. The number of hydrogen-bond donors (Lipinski definition) is 2. The summed E-state index contributed by atoms with van der Waals surface area (Å²) < 4.78 is 7.29. The summed E-state index contributed by atoms with van der Waals surface area (Å²) in [5, 5.41) is 12.7. The van der Waals surface area contributed by atoms with Crippen LogP contribution in [0, 0.1) is 6.92 Å². The number of para-hydroxylation sites is 1. The molecule has 0 unspecified atom stereocenters. The monoisotopic (exact) mass is 366 g/mol. The van der Waals surface area contributed by atoms with Gasteiger partial charge in [0.1, 0.15) is 5.75 Å². The van der Waals surface area contributed by atoms with Crippen molar-refractivity contribution in [3.63, 3.8) is 0 Å². The van der Waals surface area contributed by atoms with Gasteiger partial charge in [0.2, 0.25) is 5.91 Å². The molecule has 2 N–H and O–H groups in total. The lowest BCUT2D eigenvalue weighted by Gasteiger charge is -2.10. The van der Waals surface area contributed by atoms with Gasteiger partial charge in [-0.15, -0.1) is 0 Å². The second-order valence-corrected chi connectivity index (χ2v) is 6.34. The number of fused-ring (bicyclic) bond motifs is 1. The number of carboxylic acids is 1. The molecule has 0 saturated heterocycles. The highest BCUT2D eigenvalue weighted by molar-refractivity contribution is 5.96. The molecule has 0 radical (unpaired) electrons. The lowest BCUT2D eigenvalue weighted by Crippen LogP contribution is -2.15. The van der Waals surface area contributed by atoms with Crippen molar-refractivity contribution in [3.8, 4) is 5.75 Å². The van der Waals surface area contributed by atoms with Gasteiger partial charge >= 0.3 is 5.97 Å². The Morgan fingerprint density at radius 3 is 2.67 bits per heavy atom. The average Bonchev–Trinajstić information content (AvgIpc) is 3.00. The molecule has 0 bridgehead atoms. The molecular weight excluding hydrogens is 344 g/mol. The minimum atomic E-state index is -1.03. The van der Waals surface area contributed by atoms with E-state index in [0.29, 0.717) is 11.4 Å². The van der Waals surface area contributed by atoms with Crippen molar-refractivity contribution < 1.29 is 19.4 Å². The molecule has 27 heavy (non-hydrogen) atoms. The van der Waals surface area contributed by atoms with Crippen molar-refractivity contribution >= 4 is 28.5 Å². The van der Waals surface area contributed by atoms with E-state index in [1.807, 2.05) is 31.3 Å². The Morgan fingerprint density at radius 1 is 1.19 bits per heavy atom. The SMILES string of the molecule is CCn1cc(CC(=O)Nc2ccc(OCC(=O)O)cc2C)c2ccccc21. The van der Waals surface area contributed by atoms with Crippen LogP contribution in [0.4, 0.5) is 5.69 Å². The molecule has 0 aliphatic rings. The number of aromatic nitrogens is 1. The Bertz CT molecular complexity index is 991. The van der Waals surface area contributed by atoms with Crippen molar-refractivity contribution in [2.24, 2.45) is 0 Å². The predicted octanol–water partition coefficient (Wildman–Crippen LogP) is 3.61. The summed E-state index contributed by atoms with van der Waals surface area (Å²) in [7, 11) is 0. The van der Waals surface area contributed by atoms with Gasteiger partial charge in [0.25, 0.3) is 0 Å². The minimum absolute atomic E-state index is 0.101. The Labute approximate surface area is 157 Å². The van der Waals surface area contributed by atoms with Crippen LogP contribution < -0.4 is 10.1 Å². The maximum absolute atomic E-state index is 12.5. The van der Waals surface area contributed by atoms with Gasteiger partial charge in [-0.05, 0) is 49.2 Å². The highest BCUT2D eigenvalue weighted by atomic mass is 16.5. The second-order valence-electron chi connectivity index (χ2n) is 6.34. The van der Waals surface area contributed by atoms with Crippen LogP contribution in [0.15, 0.2) is 48.7 Å². The third-order valence-corrected chi connectivity index (χ3v) is 4.40. The zero-order chi connectivity index (χ0) is 19.4. The molecule has 140 valence electrons. The molecule has 1 aromatic heterocycles. The first-order chi connectivity index (χ1) is 13.0. The van der Waals surface area contributed by atoms with Gasteiger partial charge in [-0.2, -0.15) is 0 Å². The van der Waals surface area contributed by atoms with Crippen LogP contribution in [0.2, 0.25) is 0 Å². The maximum Gasteiger partial charge on any atom is 0.341 e. The van der Waals surface area contributed by atoms with E-state index in [-0.39, 0.29) is 12.3 Å². The lowest BCUT2D eigenvalue weighted by atomic mass is 10.1. The second kappa shape index (κ2) is 7.95. The molecule has 0 atom stereocenters. The van der Waals surface area contributed by atoms with Crippen molar-refractivity contribution in [3.05, 3.63) is 59.8 Å². The van der Waals surface area contributed by atoms with E-state index in [1.54, 1.807) is 18.2 Å². The van der Waals surface area contributed by atoms with E-state index in [1.165, 1.54) is 0 Å². The minimum Gasteiger partial charge on any atom is -0.482 e. The lowest BCUT2D eigenvalue weighted by molar-refractivity contribution is -0.139. The number of aryl methyl sites for hydroxylation is 2. The zero-order valence-electron chi connectivity index (χ0n) is 15.4. The summed E-state index contributed by atoms with van der Waals surface area (Å²) in [6, 6.07) is 13.1. The standard InChI is InChI=1S/C21H22N2O4/c1-3-23-12-15(17-6-4-5-7-19(17)23)11-20(24)22-18-9-8-16(10-14(18)2)27-13-21(25)26/h4-10,12H,3,11,13H2,1-2H3,(H,22,24)(H,25,26). The number of ether oxygens (including phenoxy) is 1. The number of anilines is 1. The van der Waals surface area contributed by atoms with Crippen molar-refractivity contribution in [2.45, 2.75) is 26.8 Å². The first-order valence-corrected chi connectivity index (χ1v) is 8.79. The van der Waals surface area contributed by atoms with Gasteiger partial charge in [0.05, 0.1) is 6.42 Å². The third kappa shape index (κ3) is 4.28. The highest BCUT2D eigenvalue weighted by Gasteiger charge is 2.12. The van der Waals surface area contributed by atoms with Crippen LogP contribution in [-0.2, 0) is 22.6 Å². The number of nitrogens with zero attached hydrogens (tertiary/aromatic N) is 1. The first-order valence-electron chi connectivity index (χ1n) is 8.79. The normalized spacial score (nSPS) is 10.7. The molecular formula is C21H22N2O4. The van der Waals surface area contributed by atoms with E-state index in [9.17, 15) is 9.59 Å². The molecule has 3 aromatic rings. The van der Waals surface area contributed by atoms with E-state index in [2.05, 4.69) is 22.9 Å². The summed E-state index contributed by atoms with van der Waals surface area (Å²) in [5.74, 6) is -0.675. The van der Waals surface area contributed by atoms with Crippen LogP contribution in [0.3, 0.4) is 0 Å². The number of amides is 1. The molecule has 6 nitrogen and oxygen atoms in total. The molecule has 0 aliphatic heterocycles. The van der Waals surface area contributed by atoms with E-state index in [4.69, 9.17) is 9.84 Å². The van der Waals surface area contributed by atoms with Crippen LogP contribution >= 0.6 is 0 Å². The molecule has 6 heteroatoms. The van der Waals surface area contributed by atoms with Crippen LogP contribution in [0.5, 0.6) is 5.75 Å². The topological polar surface area (TPSA) is 80.6 Å². The van der Waals surface area contributed by atoms with E-state index >= 15 is 0 Å². The number of aliphatic carboxylic acids is 1. The van der Waals surface area contributed by atoms with Gasteiger partial charge in [-0.3, -0.25) is 4.79 Å². The number of nitrogens with one attached hydrogen (secondary N) is 1. The number of benzene rings is 2. The highest BCUT2D eigenvalue weighted by Crippen LogP contribution is 2.24. The van der Waals surface area contributed by atoms with Crippen LogP contribution in [-0.4, -0.2) is 28.2 Å². The van der Waals surface area contributed by atoms with Gasteiger partial charge in [-0.25, -0.2) is 4.79 Å². The average molecular weight is 366 g/mol. The fourth-order valence-electron chi connectivity index (χ4n) is 3.10. The van der Waals surface area contributed by atoms with Crippen LogP contribution in [0.25, 0.3) is 10.9 Å². The van der Waals surface area contributed by atoms with Crippen LogP contribution in [0.1, 0.15) is 18.1 Å². The first kappa shape index (κ1) is 18.5. The van der Waals surface area contributed by atoms with Gasteiger partial charge in [0, 0.05) is 29.3 Å². The number of carboxylic acid groups (broad SMARTS) is 1. The Kier molecular flexibility index (Phi) is 5.45. The molecule has 1 amide bonds. The Morgan fingerprint density at radius 2 is 1.96 bits per heavy atom. The van der Waals surface area contributed by atoms with E-state index in [0.717, 1.165) is 28.6 Å². The number of carbonyl (C=O) groups is 2. The molecule has 1 heterocycles. The molecule has 0 fully saturated rings. The Hall–Kier alpha value is -3.28. The quantitative estimate of drug-likeness (QED) is 0.669. The summed E-state index contributed by atoms with van der Waals surface area (Å²) >= 11 is 0. The number of hydrogen-bond acceptors (Lipinski definition) is 3. The fourth-order valence-corrected chi connectivity index (χ4v) is 3.10. The molecule has 3 rings (SSSR count). The number of carbonyl (C=O) groups excluding carboxylic acids is 1. The molecule has 0 aliphatic carbocycles. The molecule has 0 spiro atoms. The van der Waals surface area contributed by atoms with Crippen molar-refractivity contribution in [1.82, 2.24) is 4.57 Å². The fraction of sp³-hybridized carbons (Fsp3) is 0.238. The summed E-state index contributed by atoms with van der Waals surface area (Å²) in [5.41, 5.74) is 3.60. The summed E-state index contributed by atoms with van der Waals surface area (Å²) in [6.07, 6.45) is 2.31. The van der Waals surface area contributed by atoms with Crippen molar-refractivity contribution in [2.75, 3.05) is 11.9 Å². The largest absolute Gasteiger partial charge is 0.482 e. The van der Waals surface area contributed by atoms with Gasteiger partial charge in [-0.1, -0.05) is 18.2 Å². The van der Waals surface area contributed by atoms with Crippen molar-refractivity contribution in [1.29, 1.82) is 0 Å². The molecule has 0 saturated carbocycles. The third-order valence-electron chi connectivity index (χ3n) is 4.40. The van der Waals surface area contributed by atoms with Gasteiger partial charge < -0.3 is 19.7 Å². The predicted molar refractivity (Wildman–Crippen MR) is 104 cm³/mol. The summed E-state index contributed by atoms with van der Waals surface area (Å²) in [4.78, 5) is 23.1. The van der Waals surface area contributed by atoms with E-state index < -0.39 is 12.6 Å². The number of rotatable bonds is 7. The Balaban J connectivity index is 1.72. The molecule has 2 aromatic carbocycles. The smallest absolute Gasteiger partial charge is 0.341 e. The van der Waals surface area contributed by atoms with Gasteiger partial charge in [0.15, 0.2) is 6.61 Å².